The monoisotopic (exact) mass is 327 g/mol. The molecular weight excluding hydrogens is 306 g/mol. The smallest absolute Gasteiger partial charge is 0.242 e. The van der Waals surface area contributed by atoms with Crippen molar-refractivity contribution < 1.29 is 18.0 Å². The van der Waals surface area contributed by atoms with E-state index in [0.717, 1.165) is 0 Å². The molecule has 22 heavy (non-hydrogen) atoms. The lowest BCUT2D eigenvalue weighted by atomic mass is 10.3. The van der Waals surface area contributed by atoms with Gasteiger partial charge in [-0.15, -0.1) is 0 Å². The third-order valence-electron chi connectivity index (χ3n) is 2.82. The van der Waals surface area contributed by atoms with Crippen LogP contribution in [0.5, 0.6) is 0 Å². The Bertz CT molecular complexity index is 602. The minimum absolute atomic E-state index is 0.0365. The summed E-state index contributed by atoms with van der Waals surface area (Å²) in [5, 5.41) is 5.09. The molecule has 3 N–H and O–H groups in total. The van der Waals surface area contributed by atoms with Crippen LogP contribution in [0.2, 0.25) is 0 Å². The number of carbonyl (C=O) groups is 2. The van der Waals surface area contributed by atoms with Crippen molar-refractivity contribution in [1.82, 2.24) is 15.4 Å². The molecule has 0 aromatic heterocycles. The standard InChI is InChI=1S/C14H21N3O4S/c1-3-15-14(19)11(2)17-13(18)9-10-16-22(20,21)12-7-5-4-6-8-12/h4-8,11,16H,3,9-10H2,1-2H3,(H,15,19)(H,17,18)/t11-/m0/s1. The van der Waals surface area contributed by atoms with Gasteiger partial charge in [0.2, 0.25) is 21.8 Å². The van der Waals surface area contributed by atoms with Gasteiger partial charge >= 0.3 is 0 Å². The Morgan fingerprint density at radius 1 is 1.18 bits per heavy atom. The van der Waals surface area contributed by atoms with Crippen LogP contribution in [-0.2, 0) is 19.6 Å². The van der Waals surface area contributed by atoms with E-state index < -0.39 is 22.0 Å². The molecule has 0 spiro atoms. The van der Waals surface area contributed by atoms with Gasteiger partial charge in [-0.2, -0.15) is 0 Å². The van der Waals surface area contributed by atoms with Crippen molar-refractivity contribution in [2.24, 2.45) is 0 Å². The van der Waals surface area contributed by atoms with Gasteiger partial charge in [-0.1, -0.05) is 18.2 Å². The summed E-state index contributed by atoms with van der Waals surface area (Å²) in [6.07, 6.45) is -0.0458. The van der Waals surface area contributed by atoms with Crippen LogP contribution in [0, 0.1) is 0 Å². The summed E-state index contributed by atoms with van der Waals surface area (Å²) in [5.41, 5.74) is 0. The third-order valence-corrected chi connectivity index (χ3v) is 4.30. The fourth-order valence-electron chi connectivity index (χ4n) is 1.69. The van der Waals surface area contributed by atoms with Gasteiger partial charge < -0.3 is 10.6 Å². The van der Waals surface area contributed by atoms with Gasteiger partial charge in [0.05, 0.1) is 4.90 Å². The summed E-state index contributed by atoms with van der Waals surface area (Å²) in [5.74, 6) is -0.671. The zero-order valence-corrected chi connectivity index (χ0v) is 13.4. The summed E-state index contributed by atoms with van der Waals surface area (Å²) in [6.45, 7) is 3.79. The molecule has 0 saturated carbocycles. The lowest BCUT2D eigenvalue weighted by molar-refractivity contribution is -0.128. The molecule has 1 aromatic rings. The fraction of sp³-hybridized carbons (Fsp3) is 0.429. The van der Waals surface area contributed by atoms with Crippen LogP contribution in [0.25, 0.3) is 0 Å². The number of sulfonamides is 1. The summed E-state index contributed by atoms with van der Waals surface area (Å²) in [4.78, 5) is 23.3. The van der Waals surface area contributed by atoms with Gasteiger partial charge in [0.15, 0.2) is 0 Å². The second-order valence-corrected chi connectivity index (χ2v) is 6.41. The topological polar surface area (TPSA) is 104 Å². The van der Waals surface area contributed by atoms with Gasteiger partial charge in [0, 0.05) is 19.5 Å². The van der Waals surface area contributed by atoms with Crippen molar-refractivity contribution in [3.63, 3.8) is 0 Å². The maximum Gasteiger partial charge on any atom is 0.242 e. The van der Waals surface area contributed by atoms with E-state index in [2.05, 4.69) is 15.4 Å². The minimum Gasteiger partial charge on any atom is -0.355 e. The van der Waals surface area contributed by atoms with E-state index in [9.17, 15) is 18.0 Å². The summed E-state index contributed by atoms with van der Waals surface area (Å²) >= 11 is 0. The molecule has 2 amide bonds. The number of hydrogen-bond donors (Lipinski definition) is 3. The largest absolute Gasteiger partial charge is 0.355 e. The first kappa shape index (κ1) is 18.1. The first-order chi connectivity index (χ1) is 10.4. The van der Waals surface area contributed by atoms with Crippen LogP contribution < -0.4 is 15.4 Å². The summed E-state index contributed by atoms with van der Waals surface area (Å²) in [7, 11) is -3.62. The maximum atomic E-state index is 11.9. The molecule has 0 bridgehead atoms. The van der Waals surface area contributed by atoms with Crippen LogP contribution in [0.4, 0.5) is 0 Å². The highest BCUT2D eigenvalue weighted by Gasteiger charge is 2.16. The Labute approximate surface area is 130 Å². The molecule has 8 heteroatoms. The number of nitrogens with one attached hydrogen (secondary N) is 3. The van der Waals surface area contributed by atoms with Gasteiger partial charge in [-0.25, -0.2) is 13.1 Å². The Hall–Kier alpha value is -1.93. The van der Waals surface area contributed by atoms with Crippen molar-refractivity contribution in [2.45, 2.75) is 31.2 Å². The highest BCUT2D eigenvalue weighted by atomic mass is 32.2. The predicted octanol–water partition coefficient (Wildman–Crippen LogP) is -0.00420. The Morgan fingerprint density at radius 3 is 2.41 bits per heavy atom. The number of benzene rings is 1. The van der Waals surface area contributed by atoms with E-state index in [-0.39, 0.29) is 23.8 Å². The number of likely N-dealkylation sites (N-methyl/N-ethyl adjacent to an activating group) is 1. The van der Waals surface area contributed by atoms with Crippen LogP contribution in [0.3, 0.4) is 0 Å². The van der Waals surface area contributed by atoms with Gasteiger partial charge in [-0.05, 0) is 26.0 Å². The Kier molecular flexibility index (Phi) is 7.00. The Morgan fingerprint density at radius 2 is 1.82 bits per heavy atom. The highest BCUT2D eigenvalue weighted by molar-refractivity contribution is 7.89. The first-order valence-electron chi connectivity index (χ1n) is 6.98. The quantitative estimate of drug-likeness (QED) is 0.625. The van der Waals surface area contributed by atoms with E-state index in [1.165, 1.54) is 12.1 Å². The van der Waals surface area contributed by atoms with E-state index in [4.69, 9.17) is 0 Å². The van der Waals surface area contributed by atoms with Gasteiger partial charge in [-0.3, -0.25) is 9.59 Å². The highest BCUT2D eigenvalue weighted by Crippen LogP contribution is 2.06. The molecule has 0 aliphatic rings. The molecule has 0 heterocycles. The second kappa shape index (κ2) is 8.50. The van der Waals surface area contributed by atoms with Crippen molar-refractivity contribution in [1.29, 1.82) is 0 Å². The normalized spacial score (nSPS) is 12.5. The fourth-order valence-corrected chi connectivity index (χ4v) is 2.74. The Balaban J connectivity index is 2.41. The number of carbonyl (C=O) groups excluding carboxylic acids is 2. The van der Waals surface area contributed by atoms with Crippen LogP contribution in [-0.4, -0.2) is 39.4 Å². The lowest BCUT2D eigenvalue weighted by Crippen LogP contribution is -2.45. The molecule has 0 fully saturated rings. The van der Waals surface area contributed by atoms with Crippen LogP contribution >= 0.6 is 0 Å². The van der Waals surface area contributed by atoms with Crippen molar-refractivity contribution >= 4 is 21.8 Å². The van der Waals surface area contributed by atoms with Gasteiger partial charge in [0.1, 0.15) is 6.04 Å². The average molecular weight is 327 g/mol. The predicted molar refractivity (Wildman–Crippen MR) is 82.5 cm³/mol. The number of amides is 2. The molecule has 122 valence electrons. The van der Waals surface area contributed by atoms with Crippen molar-refractivity contribution in [3.8, 4) is 0 Å². The van der Waals surface area contributed by atoms with E-state index in [1.807, 2.05) is 0 Å². The summed E-state index contributed by atoms with van der Waals surface area (Å²) < 4.78 is 26.2. The van der Waals surface area contributed by atoms with E-state index in [1.54, 1.807) is 32.0 Å². The van der Waals surface area contributed by atoms with Crippen molar-refractivity contribution in [3.05, 3.63) is 30.3 Å². The molecule has 0 unspecified atom stereocenters. The molecule has 0 aliphatic carbocycles. The molecular formula is C14H21N3O4S. The SMILES string of the molecule is CCNC(=O)[C@H](C)NC(=O)CCNS(=O)(=O)c1ccccc1. The molecule has 0 saturated heterocycles. The first-order valence-corrected chi connectivity index (χ1v) is 8.47. The maximum absolute atomic E-state index is 11.9. The lowest BCUT2D eigenvalue weighted by Gasteiger charge is -2.13. The van der Waals surface area contributed by atoms with Crippen molar-refractivity contribution in [2.75, 3.05) is 13.1 Å². The molecule has 1 rings (SSSR count). The van der Waals surface area contributed by atoms with Gasteiger partial charge in [0.25, 0.3) is 0 Å². The van der Waals surface area contributed by atoms with Crippen LogP contribution in [0.1, 0.15) is 20.3 Å². The average Bonchev–Trinajstić information content (AvgIpc) is 2.48. The molecule has 0 aliphatic heterocycles. The van der Waals surface area contributed by atoms with E-state index in [0.29, 0.717) is 6.54 Å². The summed E-state index contributed by atoms with van der Waals surface area (Å²) in [6, 6.07) is 7.25. The second-order valence-electron chi connectivity index (χ2n) is 4.64. The zero-order valence-electron chi connectivity index (χ0n) is 12.6. The molecule has 7 nitrogen and oxygen atoms in total. The molecule has 1 aromatic carbocycles. The zero-order chi connectivity index (χ0) is 16.6. The minimum atomic E-state index is -3.62. The number of hydrogen-bond acceptors (Lipinski definition) is 4. The third kappa shape index (κ3) is 5.82. The molecule has 1 atom stereocenters. The van der Waals surface area contributed by atoms with E-state index >= 15 is 0 Å². The number of rotatable bonds is 8. The van der Waals surface area contributed by atoms with Crippen LogP contribution in [0.15, 0.2) is 35.2 Å². The molecule has 0 radical (unpaired) electrons.